The van der Waals surface area contributed by atoms with E-state index in [1.807, 2.05) is 0 Å². The van der Waals surface area contributed by atoms with E-state index in [2.05, 4.69) is 0 Å². The molecule has 2 aromatic rings. The number of rotatable bonds is 4. The normalized spacial score (nSPS) is 16.0. The van der Waals surface area contributed by atoms with E-state index >= 15 is 0 Å². The molecule has 0 radical (unpaired) electrons. The summed E-state index contributed by atoms with van der Waals surface area (Å²) in [5.74, 6) is -0.159. The van der Waals surface area contributed by atoms with Crippen LogP contribution in [-0.2, 0) is 15.8 Å². The lowest BCUT2D eigenvalue weighted by molar-refractivity contribution is 0.0841. The number of ether oxygens (including phenoxy) is 1. The van der Waals surface area contributed by atoms with Crippen molar-refractivity contribution in [2.75, 3.05) is 13.2 Å². The zero-order valence-corrected chi connectivity index (χ0v) is 13.7. The molecule has 0 saturated carbocycles. The van der Waals surface area contributed by atoms with Crippen LogP contribution in [0, 0.1) is 0 Å². The summed E-state index contributed by atoms with van der Waals surface area (Å²) in [7, 11) is -3.67. The fourth-order valence-corrected chi connectivity index (χ4v) is 4.12. The first-order chi connectivity index (χ1) is 11.0. The fourth-order valence-electron chi connectivity index (χ4n) is 2.43. The number of halogens is 1. The molecule has 120 valence electrons. The van der Waals surface area contributed by atoms with E-state index < -0.39 is 15.9 Å². The second-order valence-electron chi connectivity index (χ2n) is 5.10. The number of hydrogen-bond acceptors (Lipinski definition) is 4. The number of nitrogens with zero attached hydrogens (tertiary/aromatic N) is 1. The molecule has 0 fully saturated rings. The predicted octanol–water partition coefficient (Wildman–Crippen LogP) is 2.70. The lowest BCUT2D eigenvalue weighted by Gasteiger charge is -2.28. The van der Waals surface area contributed by atoms with E-state index in [1.54, 1.807) is 48.5 Å². The average Bonchev–Trinajstić information content (AvgIpc) is 2.50. The van der Waals surface area contributed by atoms with Crippen LogP contribution in [0.3, 0.4) is 0 Å². The van der Waals surface area contributed by atoms with Crippen LogP contribution < -0.4 is 4.74 Å². The molecule has 3 rings (SSSR count). The van der Waals surface area contributed by atoms with Crippen LogP contribution in [-0.4, -0.2) is 31.8 Å². The van der Waals surface area contributed by atoms with Crippen LogP contribution in [0.25, 0.3) is 0 Å². The molecule has 0 saturated heterocycles. The topological polar surface area (TPSA) is 63.7 Å². The lowest BCUT2D eigenvalue weighted by atomic mass is 10.1. The molecule has 1 heterocycles. The first-order valence-corrected chi connectivity index (χ1v) is 8.97. The summed E-state index contributed by atoms with van der Waals surface area (Å²) in [5, 5.41) is 0.526. The van der Waals surface area contributed by atoms with E-state index in [4.69, 9.17) is 16.3 Å². The molecule has 0 aromatic heterocycles. The maximum absolute atomic E-state index is 12.4. The van der Waals surface area contributed by atoms with Gasteiger partial charge in [-0.3, -0.25) is 4.79 Å². The van der Waals surface area contributed by atoms with E-state index in [-0.39, 0.29) is 18.9 Å². The summed E-state index contributed by atoms with van der Waals surface area (Å²) in [6.45, 7) is 0.0233. The highest BCUT2D eigenvalue weighted by Crippen LogP contribution is 2.24. The van der Waals surface area contributed by atoms with Gasteiger partial charge in [0.05, 0.1) is 12.3 Å². The maximum atomic E-state index is 12.4. The standard InChI is InChI=1S/C16H14ClNO4S/c17-13-5-3-6-14(10-13)22-9-8-18-16(19)15-7-2-1-4-12(15)11-23(18,20)21/h1-7,10H,8-9,11H2. The Hall–Kier alpha value is -2.05. The van der Waals surface area contributed by atoms with Crippen LogP contribution in [0.15, 0.2) is 48.5 Å². The molecule has 7 heteroatoms. The second kappa shape index (κ2) is 6.22. The predicted molar refractivity (Wildman–Crippen MR) is 87.0 cm³/mol. The van der Waals surface area contributed by atoms with Crippen molar-refractivity contribution in [1.82, 2.24) is 4.31 Å². The van der Waals surface area contributed by atoms with Gasteiger partial charge in [0.2, 0.25) is 10.0 Å². The zero-order valence-electron chi connectivity index (χ0n) is 12.1. The maximum Gasteiger partial charge on any atom is 0.267 e. The average molecular weight is 352 g/mol. The Balaban J connectivity index is 1.73. The van der Waals surface area contributed by atoms with Gasteiger partial charge in [0.15, 0.2) is 0 Å². The van der Waals surface area contributed by atoms with Crippen molar-refractivity contribution in [2.24, 2.45) is 0 Å². The molecule has 23 heavy (non-hydrogen) atoms. The van der Waals surface area contributed by atoms with Crippen molar-refractivity contribution in [2.45, 2.75) is 5.75 Å². The van der Waals surface area contributed by atoms with Crippen LogP contribution in [0.4, 0.5) is 0 Å². The molecule has 0 unspecified atom stereocenters. The number of fused-ring (bicyclic) bond motifs is 1. The molecule has 1 amide bonds. The van der Waals surface area contributed by atoms with Crippen LogP contribution in [0.1, 0.15) is 15.9 Å². The second-order valence-corrected chi connectivity index (χ2v) is 7.43. The molecule has 1 aliphatic heterocycles. The van der Waals surface area contributed by atoms with Crippen LogP contribution in [0.2, 0.25) is 5.02 Å². The van der Waals surface area contributed by atoms with Gasteiger partial charge in [-0.15, -0.1) is 0 Å². The number of carbonyl (C=O) groups is 1. The first kappa shape index (κ1) is 15.8. The number of amides is 1. The van der Waals surface area contributed by atoms with Crippen molar-refractivity contribution in [3.8, 4) is 5.75 Å². The Morgan fingerprint density at radius 1 is 1.13 bits per heavy atom. The largest absolute Gasteiger partial charge is 0.492 e. The minimum absolute atomic E-state index is 0.0397. The summed E-state index contributed by atoms with van der Waals surface area (Å²) < 4.78 is 30.9. The number of sulfonamides is 1. The Morgan fingerprint density at radius 3 is 2.70 bits per heavy atom. The van der Waals surface area contributed by atoms with E-state index in [9.17, 15) is 13.2 Å². The van der Waals surface area contributed by atoms with Crippen molar-refractivity contribution < 1.29 is 17.9 Å². The highest BCUT2D eigenvalue weighted by molar-refractivity contribution is 7.89. The van der Waals surface area contributed by atoms with E-state index in [0.717, 1.165) is 4.31 Å². The Labute approximate surface area is 139 Å². The molecular weight excluding hydrogens is 338 g/mol. The Bertz CT molecular complexity index is 851. The van der Waals surface area contributed by atoms with Gasteiger partial charge in [0, 0.05) is 10.6 Å². The summed E-state index contributed by atoms with van der Waals surface area (Å²) >= 11 is 5.86. The van der Waals surface area contributed by atoms with Gasteiger partial charge in [0.1, 0.15) is 12.4 Å². The Kier molecular flexibility index (Phi) is 4.28. The SMILES string of the molecule is O=C1c2ccccc2CS(=O)(=O)N1CCOc1cccc(Cl)c1. The summed E-state index contributed by atoms with van der Waals surface area (Å²) in [5.41, 5.74) is 0.953. The Morgan fingerprint density at radius 2 is 1.91 bits per heavy atom. The molecule has 0 bridgehead atoms. The zero-order chi connectivity index (χ0) is 16.4. The summed E-state index contributed by atoms with van der Waals surface area (Å²) in [6.07, 6.45) is 0. The molecule has 0 aliphatic carbocycles. The lowest BCUT2D eigenvalue weighted by Crippen LogP contribution is -2.44. The highest BCUT2D eigenvalue weighted by atomic mass is 35.5. The van der Waals surface area contributed by atoms with Gasteiger partial charge in [-0.1, -0.05) is 35.9 Å². The quantitative estimate of drug-likeness (QED) is 0.849. The third-order valence-electron chi connectivity index (χ3n) is 3.51. The minimum atomic E-state index is -3.67. The van der Waals surface area contributed by atoms with E-state index in [0.29, 0.717) is 21.9 Å². The number of benzene rings is 2. The molecule has 0 spiro atoms. The van der Waals surface area contributed by atoms with Crippen molar-refractivity contribution in [1.29, 1.82) is 0 Å². The van der Waals surface area contributed by atoms with Crippen LogP contribution in [0.5, 0.6) is 5.75 Å². The van der Waals surface area contributed by atoms with Crippen molar-refractivity contribution >= 4 is 27.5 Å². The van der Waals surface area contributed by atoms with Crippen molar-refractivity contribution in [3.63, 3.8) is 0 Å². The first-order valence-electron chi connectivity index (χ1n) is 6.98. The fraction of sp³-hybridized carbons (Fsp3) is 0.188. The van der Waals surface area contributed by atoms with Gasteiger partial charge < -0.3 is 4.74 Å². The smallest absolute Gasteiger partial charge is 0.267 e. The number of hydrogen-bond donors (Lipinski definition) is 0. The third-order valence-corrected chi connectivity index (χ3v) is 5.44. The van der Waals surface area contributed by atoms with E-state index in [1.165, 1.54) is 0 Å². The number of carbonyl (C=O) groups excluding carboxylic acids is 1. The molecule has 1 aliphatic rings. The third kappa shape index (κ3) is 3.33. The van der Waals surface area contributed by atoms with Gasteiger partial charge in [0.25, 0.3) is 5.91 Å². The molecule has 2 aromatic carbocycles. The minimum Gasteiger partial charge on any atom is -0.492 e. The van der Waals surface area contributed by atoms with Gasteiger partial charge >= 0.3 is 0 Å². The van der Waals surface area contributed by atoms with Crippen LogP contribution >= 0.6 is 11.6 Å². The van der Waals surface area contributed by atoms with Gasteiger partial charge in [-0.2, -0.15) is 0 Å². The van der Waals surface area contributed by atoms with Gasteiger partial charge in [-0.25, -0.2) is 12.7 Å². The molecule has 5 nitrogen and oxygen atoms in total. The molecular formula is C16H14ClNO4S. The molecule has 0 atom stereocenters. The summed E-state index contributed by atoms with van der Waals surface area (Å²) in [4.78, 5) is 12.4. The van der Waals surface area contributed by atoms with Crippen molar-refractivity contribution in [3.05, 3.63) is 64.7 Å². The van der Waals surface area contributed by atoms with Gasteiger partial charge in [-0.05, 0) is 29.8 Å². The monoisotopic (exact) mass is 351 g/mol. The molecule has 0 N–H and O–H groups in total. The summed E-state index contributed by atoms with van der Waals surface area (Å²) in [6, 6.07) is 13.5. The highest BCUT2D eigenvalue weighted by Gasteiger charge is 2.35.